The van der Waals surface area contributed by atoms with Gasteiger partial charge in [0, 0.05) is 41.3 Å². The number of hydrogen-bond acceptors (Lipinski definition) is 4. The van der Waals surface area contributed by atoms with Gasteiger partial charge in [-0.1, -0.05) is 30.3 Å². The van der Waals surface area contributed by atoms with Gasteiger partial charge < -0.3 is 9.88 Å². The molecule has 0 saturated heterocycles. The molecule has 0 fully saturated rings. The molecule has 3 heterocycles. The second kappa shape index (κ2) is 8.63. The van der Waals surface area contributed by atoms with Crippen molar-refractivity contribution >= 4 is 11.6 Å². The third kappa shape index (κ3) is 4.09. The Morgan fingerprint density at radius 2 is 1.75 bits per heavy atom. The number of carbonyl (C=O) groups is 1. The zero-order chi connectivity index (χ0) is 21.9. The molecule has 7 nitrogen and oxygen atoms in total. The van der Waals surface area contributed by atoms with Crippen molar-refractivity contribution < 1.29 is 4.79 Å². The molecular weight excluding hydrogens is 402 g/mol. The molecule has 2 aromatic heterocycles. The van der Waals surface area contributed by atoms with Crippen LogP contribution < -0.4 is 10.9 Å². The lowest BCUT2D eigenvalue weighted by molar-refractivity contribution is -0.117. The summed E-state index contributed by atoms with van der Waals surface area (Å²) in [7, 11) is 0. The Labute approximate surface area is 185 Å². The van der Waals surface area contributed by atoms with E-state index >= 15 is 0 Å². The molecule has 0 saturated carbocycles. The van der Waals surface area contributed by atoms with Gasteiger partial charge >= 0.3 is 0 Å². The minimum atomic E-state index is -0.320. The summed E-state index contributed by atoms with van der Waals surface area (Å²) in [5.74, 6) is 0.654. The van der Waals surface area contributed by atoms with Crippen LogP contribution in [0.3, 0.4) is 0 Å². The van der Waals surface area contributed by atoms with Gasteiger partial charge in [-0.25, -0.2) is 9.67 Å². The molecule has 1 aliphatic rings. The third-order valence-corrected chi connectivity index (χ3v) is 5.66. The zero-order valence-electron chi connectivity index (χ0n) is 17.6. The van der Waals surface area contributed by atoms with Gasteiger partial charge in [-0.05, 0) is 49.6 Å². The number of rotatable bonds is 5. The fourth-order valence-electron chi connectivity index (χ4n) is 4.03. The fourth-order valence-corrected chi connectivity index (χ4v) is 4.03. The molecule has 0 spiro atoms. The Morgan fingerprint density at radius 1 is 0.938 bits per heavy atom. The minimum absolute atomic E-state index is 0.158. The normalized spacial score (nSPS) is 12.9. The first kappa shape index (κ1) is 19.9. The number of nitrogens with one attached hydrogen (secondary N) is 1. The lowest BCUT2D eigenvalue weighted by atomic mass is 10.1. The van der Waals surface area contributed by atoms with Gasteiger partial charge in [0.25, 0.3) is 5.56 Å². The van der Waals surface area contributed by atoms with Crippen LogP contribution >= 0.6 is 0 Å². The lowest BCUT2D eigenvalue weighted by Gasteiger charge is -2.16. The van der Waals surface area contributed by atoms with E-state index in [2.05, 4.69) is 20.0 Å². The second-order valence-electron chi connectivity index (χ2n) is 7.89. The van der Waals surface area contributed by atoms with Crippen molar-refractivity contribution in [3.8, 4) is 22.6 Å². The van der Waals surface area contributed by atoms with Crippen molar-refractivity contribution in [1.82, 2.24) is 19.3 Å². The molecule has 160 valence electrons. The van der Waals surface area contributed by atoms with Crippen molar-refractivity contribution in [1.29, 1.82) is 0 Å². The maximum Gasteiger partial charge on any atom is 0.267 e. The van der Waals surface area contributed by atoms with E-state index < -0.39 is 0 Å². The highest BCUT2D eigenvalue weighted by Crippen LogP contribution is 2.25. The largest absolute Gasteiger partial charge is 0.328 e. The van der Waals surface area contributed by atoms with Crippen molar-refractivity contribution in [3.63, 3.8) is 0 Å². The van der Waals surface area contributed by atoms with Crippen molar-refractivity contribution in [2.75, 3.05) is 5.32 Å². The Bertz CT molecular complexity index is 1310. The summed E-state index contributed by atoms with van der Waals surface area (Å²) in [6.45, 7) is 0.835. The molecule has 1 N–H and O–H groups in total. The molecule has 0 aliphatic carbocycles. The Hall–Kier alpha value is -4.00. The van der Waals surface area contributed by atoms with Crippen LogP contribution in [-0.2, 0) is 24.3 Å². The minimum Gasteiger partial charge on any atom is -0.328 e. The third-order valence-electron chi connectivity index (χ3n) is 5.66. The van der Waals surface area contributed by atoms with Crippen LogP contribution in [0.5, 0.6) is 0 Å². The summed E-state index contributed by atoms with van der Waals surface area (Å²) in [6.07, 6.45) is 5.41. The van der Waals surface area contributed by atoms with Gasteiger partial charge in [0.05, 0.1) is 5.69 Å². The predicted octanol–water partition coefficient (Wildman–Crippen LogP) is 3.75. The number of nitrogens with zero attached hydrogens (tertiary/aromatic N) is 4. The van der Waals surface area contributed by atoms with E-state index in [1.54, 1.807) is 6.07 Å². The first-order valence-electron chi connectivity index (χ1n) is 10.8. The number of aryl methyl sites for hydroxylation is 1. The van der Waals surface area contributed by atoms with Gasteiger partial charge in [0.2, 0.25) is 5.91 Å². The number of anilines is 1. The summed E-state index contributed by atoms with van der Waals surface area (Å²) in [4.78, 5) is 29.3. The maximum absolute atomic E-state index is 12.6. The summed E-state index contributed by atoms with van der Waals surface area (Å²) >= 11 is 0. The summed E-state index contributed by atoms with van der Waals surface area (Å²) in [5, 5.41) is 7.19. The van der Waals surface area contributed by atoms with Crippen LogP contribution in [0, 0.1) is 0 Å². The summed E-state index contributed by atoms with van der Waals surface area (Å²) in [6, 6.07) is 20.3. The molecule has 0 unspecified atom stereocenters. The Kier molecular flexibility index (Phi) is 5.37. The number of imidazole rings is 1. The fraction of sp³-hybridized carbons (Fsp3) is 0.200. The van der Waals surface area contributed by atoms with Crippen LogP contribution in [0.25, 0.3) is 22.6 Å². The van der Waals surface area contributed by atoms with Gasteiger partial charge in [0.15, 0.2) is 0 Å². The van der Waals surface area contributed by atoms with E-state index in [9.17, 15) is 9.59 Å². The van der Waals surface area contributed by atoms with E-state index in [1.165, 1.54) is 29.3 Å². The topological polar surface area (TPSA) is 81.8 Å². The molecule has 2 aromatic carbocycles. The van der Waals surface area contributed by atoms with Gasteiger partial charge in [-0.2, -0.15) is 5.10 Å². The number of aromatic nitrogens is 4. The monoisotopic (exact) mass is 425 g/mol. The van der Waals surface area contributed by atoms with Crippen LogP contribution in [0.4, 0.5) is 5.69 Å². The van der Waals surface area contributed by atoms with Crippen LogP contribution in [0.15, 0.2) is 77.7 Å². The molecule has 32 heavy (non-hydrogen) atoms. The van der Waals surface area contributed by atoms with Crippen LogP contribution in [-0.4, -0.2) is 25.2 Å². The van der Waals surface area contributed by atoms with Crippen LogP contribution in [0.1, 0.15) is 18.5 Å². The highest BCUT2D eigenvalue weighted by atomic mass is 16.2. The van der Waals surface area contributed by atoms with Crippen molar-refractivity contribution in [2.45, 2.75) is 32.4 Å². The van der Waals surface area contributed by atoms with E-state index in [4.69, 9.17) is 0 Å². The van der Waals surface area contributed by atoms with E-state index in [0.29, 0.717) is 11.4 Å². The number of fused-ring (bicyclic) bond motifs is 1. The SMILES string of the molecule is O=C(Cn1nc(-c2ccccc2)ccc1=O)Nc1ccc(-c2ncc3n2CCCC3)cc1. The molecule has 7 heteroatoms. The van der Waals surface area contributed by atoms with Crippen molar-refractivity contribution in [3.05, 3.63) is 89.0 Å². The smallest absolute Gasteiger partial charge is 0.267 e. The molecule has 1 amide bonds. The number of hydrogen-bond donors (Lipinski definition) is 1. The average Bonchev–Trinajstić information content (AvgIpc) is 3.26. The Balaban J connectivity index is 1.29. The second-order valence-corrected chi connectivity index (χ2v) is 7.89. The number of benzene rings is 2. The predicted molar refractivity (Wildman–Crippen MR) is 123 cm³/mol. The molecule has 0 radical (unpaired) electrons. The number of carbonyl (C=O) groups excluding carboxylic acids is 1. The van der Waals surface area contributed by atoms with Gasteiger partial charge in [-0.3, -0.25) is 9.59 Å². The van der Waals surface area contributed by atoms with E-state index in [-0.39, 0.29) is 18.0 Å². The maximum atomic E-state index is 12.6. The zero-order valence-corrected chi connectivity index (χ0v) is 17.6. The van der Waals surface area contributed by atoms with E-state index in [1.807, 2.05) is 60.8 Å². The first-order chi connectivity index (χ1) is 15.7. The quantitative estimate of drug-likeness (QED) is 0.528. The lowest BCUT2D eigenvalue weighted by Crippen LogP contribution is -2.29. The van der Waals surface area contributed by atoms with E-state index in [0.717, 1.165) is 29.9 Å². The number of amides is 1. The highest BCUT2D eigenvalue weighted by molar-refractivity contribution is 5.90. The molecule has 4 aromatic rings. The molecular formula is C25H23N5O2. The molecule has 1 aliphatic heterocycles. The van der Waals surface area contributed by atoms with Crippen LogP contribution in [0.2, 0.25) is 0 Å². The molecule has 0 atom stereocenters. The standard InChI is InChI=1S/C25H23N5O2/c31-23(17-30-24(32)14-13-22(28-30)18-6-2-1-3-7-18)27-20-11-9-19(10-12-20)25-26-16-21-8-4-5-15-29(21)25/h1-3,6-7,9-14,16H,4-5,8,15,17H2,(H,27,31). The summed E-state index contributed by atoms with van der Waals surface area (Å²) in [5.41, 5.74) is 4.17. The van der Waals surface area contributed by atoms with Gasteiger partial charge in [0.1, 0.15) is 12.4 Å². The molecule has 5 rings (SSSR count). The molecule has 0 bridgehead atoms. The Morgan fingerprint density at radius 3 is 2.56 bits per heavy atom. The van der Waals surface area contributed by atoms with Gasteiger partial charge in [-0.15, -0.1) is 0 Å². The summed E-state index contributed by atoms with van der Waals surface area (Å²) < 4.78 is 3.46. The first-order valence-corrected chi connectivity index (χ1v) is 10.8. The van der Waals surface area contributed by atoms with Crippen molar-refractivity contribution in [2.24, 2.45) is 0 Å². The average molecular weight is 425 g/mol. The highest BCUT2D eigenvalue weighted by Gasteiger charge is 2.15.